The Morgan fingerprint density at radius 1 is 1.11 bits per heavy atom. The largest absolute Gasteiger partial charge is 0.768 e. The molecule has 0 radical (unpaired) electrons. The van der Waals surface area contributed by atoms with E-state index in [1.165, 1.54) is 12.1 Å². The third-order valence-corrected chi connectivity index (χ3v) is 9.50. The Morgan fingerprint density at radius 3 is 2.39 bits per heavy atom. The molecule has 11 heteroatoms. The minimum absolute atomic E-state index is 0.0410. The summed E-state index contributed by atoms with van der Waals surface area (Å²) in [6.45, 7) is 10.8. The van der Waals surface area contributed by atoms with Crippen LogP contribution in [0, 0.1) is 24.7 Å². The van der Waals surface area contributed by atoms with Crippen LogP contribution in [0.25, 0.3) is 11.3 Å². The van der Waals surface area contributed by atoms with Gasteiger partial charge in [0.05, 0.1) is 11.7 Å². The van der Waals surface area contributed by atoms with Gasteiger partial charge in [-0.25, -0.2) is 4.98 Å². The number of ether oxygens (including phenoxy) is 2. The van der Waals surface area contributed by atoms with Gasteiger partial charge in [-0.2, -0.15) is 4.98 Å². The van der Waals surface area contributed by atoms with Gasteiger partial charge in [0, 0.05) is 48.1 Å². The highest BCUT2D eigenvalue weighted by Gasteiger charge is 2.55. The van der Waals surface area contributed by atoms with E-state index in [0.29, 0.717) is 42.3 Å². The molecule has 2 aliphatic rings. The van der Waals surface area contributed by atoms with E-state index >= 15 is 0 Å². The highest BCUT2D eigenvalue weighted by Crippen LogP contribution is 2.56. The fraction of sp³-hybridized carbons (Fsp3) is 0.486. The number of ketones is 1. The van der Waals surface area contributed by atoms with Gasteiger partial charge in [-0.3, -0.25) is 13.8 Å². The van der Waals surface area contributed by atoms with Crippen LogP contribution < -0.4 is 10.1 Å². The van der Waals surface area contributed by atoms with Crippen molar-refractivity contribution in [3.8, 4) is 17.1 Å². The number of rotatable bonds is 12. The molecule has 2 saturated carbocycles. The lowest BCUT2D eigenvalue weighted by Crippen LogP contribution is -2.61. The Balaban J connectivity index is 1.49. The summed E-state index contributed by atoms with van der Waals surface area (Å²) in [5, 5.41) is 3.08. The minimum Gasteiger partial charge on any atom is -0.768 e. The fourth-order valence-electron chi connectivity index (χ4n) is 6.91. The lowest BCUT2D eigenvalue weighted by Gasteiger charge is -2.57. The van der Waals surface area contributed by atoms with Crippen LogP contribution in [0.2, 0.25) is 0 Å². The average molecular weight is 648 g/mol. The summed E-state index contributed by atoms with van der Waals surface area (Å²) in [6, 6.07) is 13.6. The standard InChI is InChI=1S/C35H44N4O6S/c1-22-9-7-10-23(2)31(22)29-14-30(38-33(37-29)36-21-44-6)45-20-26(15-34(3,4)5)39(25-16-35(17-25)18-27(40)19-35)32(41)24-11-8-12-28(13-24)46(42)43/h7-14,25-26H,15-21H2,1-6H3,(H,42,43)(H,36,37,38)/p-1/t26-/m1/s1. The minimum atomic E-state index is -2.47. The third-order valence-electron chi connectivity index (χ3n) is 8.86. The van der Waals surface area contributed by atoms with E-state index in [9.17, 15) is 18.4 Å². The molecular formula is C35H43N4O6S-. The van der Waals surface area contributed by atoms with Gasteiger partial charge in [0.25, 0.3) is 5.91 Å². The van der Waals surface area contributed by atoms with Crippen LogP contribution in [0.1, 0.15) is 74.4 Å². The first-order valence-electron chi connectivity index (χ1n) is 15.6. The molecule has 2 atom stereocenters. The van der Waals surface area contributed by atoms with E-state index in [-0.39, 0.29) is 52.8 Å². The third kappa shape index (κ3) is 7.65. The first-order chi connectivity index (χ1) is 21.8. The normalized spacial score (nSPS) is 17.2. The van der Waals surface area contributed by atoms with E-state index in [4.69, 9.17) is 14.5 Å². The van der Waals surface area contributed by atoms with Crippen molar-refractivity contribution < 1.29 is 27.8 Å². The van der Waals surface area contributed by atoms with Crippen LogP contribution in [0.5, 0.6) is 5.88 Å². The molecule has 1 heterocycles. The Kier molecular flexibility index (Phi) is 9.95. The van der Waals surface area contributed by atoms with E-state index in [2.05, 4.69) is 31.1 Å². The van der Waals surface area contributed by atoms with E-state index in [1.54, 1.807) is 19.2 Å². The maximum atomic E-state index is 14.3. The lowest BCUT2D eigenvalue weighted by atomic mass is 9.53. The van der Waals surface area contributed by atoms with Gasteiger partial charge < -0.3 is 24.2 Å². The second-order valence-corrected chi connectivity index (χ2v) is 14.9. The van der Waals surface area contributed by atoms with Crippen LogP contribution in [-0.2, 0) is 20.6 Å². The number of amides is 1. The number of nitrogens with one attached hydrogen (secondary N) is 1. The SMILES string of the molecule is COCNc1nc(OC[C@@H](CC(C)(C)C)N(C(=O)c2cccc(S(=O)[O-])c2)C2CC3(CC(=O)C3)C2)cc(-c2c(C)cccc2C)n1. The van der Waals surface area contributed by atoms with Crippen molar-refractivity contribution in [3.63, 3.8) is 0 Å². The number of aryl methyl sites for hydroxylation is 2. The molecule has 3 aromatic rings. The molecule has 0 bridgehead atoms. The van der Waals surface area contributed by atoms with Crippen molar-refractivity contribution >= 4 is 28.7 Å². The van der Waals surface area contributed by atoms with Gasteiger partial charge in [-0.1, -0.05) is 45.0 Å². The molecule has 5 rings (SSSR count). The molecule has 2 aromatic carbocycles. The molecule has 0 saturated heterocycles. The van der Waals surface area contributed by atoms with Crippen molar-refractivity contribution in [2.24, 2.45) is 10.8 Å². The number of nitrogens with zero attached hydrogens (tertiary/aromatic N) is 3. The number of Topliss-reactive ketones (excluding diaryl/α,β-unsaturated/α-hetero) is 1. The van der Waals surface area contributed by atoms with Crippen LogP contribution in [0.3, 0.4) is 0 Å². The molecule has 10 nitrogen and oxygen atoms in total. The van der Waals surface area contributed by atoms with Crippen molar-refractivity contribution in [3.05, 3.63) is 65.2 Å². The summed E-state index contributed by atoms with van der Waals surface area (Å²) < 4.78 is 35.2. The van der Waals surface area contributed by atoms with Crippen molar-refractivity contribution in [2.45, 2.75) is 83.7 Å². The number of carbonyl (C=O) groups is 2. The van der Waals surface area contributed by atoms with E-state index in [1.807, 2.05) is 43.0 Å². The topological polar surface area (TPSA) is 134 Å². The van der Waals surface area contributed by atoms with Gasteiger partial charge in [0.15, 0.2) is 0 Å². The zero-order valence-electron chi connectivity index (χ0n) is 27.4. The zero-order chi connectivity index (χ0) is 33.2. The Bertz CT molecular complexity index is 1600. The number of benzene rings is 2. The van der Waals surface area contributed by atoms with Gasteiger partial charge in [-0.15, -0.1) is 0 Å². The van der Waals surface area contributed by atoms with E-state index in [0.717, 1.165) is 29.5 Å². The van der Waals surface area contributed by atoms with Gasteiger partial charge >= 0.3 is 0 Å². The number of aromatic nitrogens is 2. The number of carbonyl (C=O) groups excluding carboxylic acids is 2. The average Bonchev–Trinajstić information content (AvgIpc) is 2.96. The molecular weight excluding hydrogens is 604 g/mol. The van der Waals surface area contributed by atoms with E-state index < -0.39 is 11.1 Å². The number of methoxy groups -OCH3 is 1. The molecule has 1 unspecified atom stereocenters. The van der Waals surface area contributed by atoms with Gasteiger partial charge in [0.1, 0.15) is 19.1 Å². The molecule has 1 N–H and O–H groups in total. The van der Waals surface area contributed by atoms with Crippen LogP contribution >= 0.6 is 0 Å². The number of anilines is 1. The first kappa shape index (κ1) is 33.7. The number of hydrogen-bond donors (Lipinski definition) is 1. The summed E-state index contributed by atoms with van der Waals surface area (Å²) in [5.41, 5.74) is 3.93. The maximum Gasteiger partial charge on any atom is 0.254 e. The predicted octanol–water partition coefficient (Wildman–Crippen LogP) is 5.85. The van der Waals surface area contributed by atoms with Crippen molar-refractivity contribution in [1.29, 1.82) is 0 Å². The highest BCUT2D eigenvalue weighted by atomic mass is 32.2. The smallest absolute Gasteiger partial charge is 0.254 e. The predicted molar refractivity (Wildman–Crippen MR) is 175 cm³/mol. The van der Waals surface area contributed by atoms with Crippen LogP contribution in [-0.4, -0.2) is 67.9 Å². The second-order valence-electron chi connectivity index (χ2n) is 14.0. The Morgan fingerprint density at radius 2 is 1.78 bits per heavy atom. The van der Waals surface area contributed by atoms with Gasteiger partial charge in [-0.05, 0) is 84.3 Å². The summed E-state index contributed by atoms with van der Waals surface area (Å²) in [7, 11) is 1.58. The molecule has 2 aliphatic carbocycles. The summed E-state index contributed by atoms with van der Waals surface area (Å²) in [6.07, 6.45) is 3.19. The summed E-state index contributed by atoms with van der Waals surface area (Å²) in [4.78, 5) is 37.5. The molecule has 246 valence electrons. The molecule has 1 spiro atoms. The van der Waals surface area contributed by atoms with Crippen LogP contribution in [0.15, 0.2) is 53.4 Å². The maximum absolute atomic E-state index is 14.3. The molecule has 1 amide bonds. The molecule has 46 heavy (non-hydrogen) atoms. The zero-order valence-corrected chi connectivity index (χ0v) is 28.2. The van der Waals surface area contributed by atoms with Crippen LogP contribution in [0.4, 0.5) is 5.95 Å². The lowest BCUT2D eigenvalue weighted by molar-refractivity contribution is -0.143. The fourth-order valence-corrected chi connectivity index (χ4v) is 7.32. The van der Waals surface area contributed by atoms with Crippen molar-refractivity contribution in [1.82, 2.24) is 14.9 Å². The molecule has 2 fully saturated rings. The van der Waals surface area contributed by atoms with Gasteiger partial charge in [0.2, 0.25) is 11.8 Å². The first-order valence-corrected chi connectivity index (χ1v) is 16.7. The Hall–Kier alpha value is -3.67. The Labute approximate surface area is 273 Å². The summed E-state index contributed by atoms with van der Waals surface area (Å²) in [5.74, 6) is 0.723. The number of hydrogen-bond acceptors (Lipinski definition) is 9. The quantitative estimate of drug-likeness (QED) is 0.190. The second kappa shape index (κ2) is 13.6. The highest BCUT2D eigenvalue weighted by molar-refractivity contribution is 7.79. The van der Waals surface area contributed by atoms with Crippen molar-refractivity contribution in [2.75, 3.05) is 25.8 Å². The monoisotopic (exact) mass is 647 g/mol. The molecule has 0 aliphatic heterocycles. The summed E-state index contributed by atoms with van der Waals surface area (Å²) >= 11 is -2.47. The molecule has 1 aromatic heterocycles.